The van der Waals surface area contributed by atoms with Crippen molar-refractivity contribution in [1.29, 1.82) is 0 Å². The van der Waals surface area contributed by atoms with Crippen molar-refractivity contribution in [3.63, 3.8) is 0 Å². The third-order valence-electron chi connectivity index (χ3n) is 4.54. The summed E-state index contributed by atoms with van der Waals surface area (Å²) in [5, 5.41) is 3.50. The van der Waals surface area contributed by atoms with Crippen LogP contribution in [0.4, 0.5) is 5.69 Å². The molecule has 1 saturated carbocycles. The predicted molar refractivity (Wildman–Crippen MR) is 90.4 cm³/mol. The molecule has 0 bridgehead atoms. The Labute approximate surface area is 127 Å². The van der Waals surface area contributed by atoms with Gasteiger partial charge in [0.25, 0.3) is 0 Å². The van der Waals surface area contributed by atoms with Gasteiger partial charge in [-0.15, -0.1) is 0 Å². The zero-order valence-electron chi connectivity index (χ0n) is 12.5. The molecule has 2 nitrogen and oxygen atoms in total. The standard InChI is InChI=1S/C19H24N2/c20-19(12-4-5-13-19)14-15-21-18-10-8-17(9-11-18)16-6-2-1-3-7-16/h1-3,6-11,21H,4-5,12-15,20H2. The van der Waals surface area contributed by atoms with Crippen LogP contribution in [0.2, 0.25) is 0 Å². The zero-order valence-corrected chi connectivity index (χ0v) is 12.5. The maximum absolute atomic E-state index is 6.38. The second-order valence-electron chi connectivity index (χ2n) is 6.19. The van der Waals surface area contributed by atoms with Gasteiger partial charge in [0.05, 0.1) is 0 Å². The Bertz CT molecular complexity index is 554. The summed E-state index contributed by atoms with van der Waals surface area (Å²) in [6.07, 6.45) is 6.02. The fourth-order valence-electron chi connectivity index (χ4n) is 3.20. The van der Waals surface area contributed by atoms with Crippen molar-refractivity contribution in [2.75, 3.05) is 11.9 Å². The summed E-state index contributed by atoms with van der Waals surface area (Å²) in [4.78, 5) is 0. The topological polar surface area (TPSA) is 38.0 Å². The minimum atomic E-state index is 0.0803. The van der Waals surface area contributed by atoms with E-state index < -0.39 is 0 Å². The highest BCUT2D eigenvalue weighted by atomic mass is 14.9. The van der Waals surface area contributed by atoms with E-state index in [4.69, 9.17) is 5.73 Å². The van der Waals surface area contributed by atoms with E-state index in [-0.39, 0.29) is 5.54 Å². The Morgan fingerprint density at radius 2 is 1.48 bits per heavy atom. The van der Waals surface area contributed by atoms with Gasteiger partial charge in [-0.05, 0) is 42.5 Å². The van der Waals surface area contributed by atoms with Crippen molar-refractivity contribution in [3.8, 4) is 11.1 Å². The second kappa shape index (κ2) is 6.31. The highest BCUT2D eigenvalue weighted by molar-refractivity contribution is 5.65. The van der Waals surface area contributed by atoms with Crippen LogP contribution in [0.3, 0.4) is 0 Å². The third kappa shape index (κ3) is 3.64. The lowest BCUT2D eigenvalue weighted by Crippen LogP contribution is -2.38. The molecule has 2 aromatic rings. The lowest BCUT2D eigenvalue weighted by Gasteiger charge is -2.23. The monoisotopic (exact) mass is 280 g/mol. The summed E-state index contributed by atoms with van der Waals surface area (Å²) in [6, 6.07) is 19.1. The number of benzene rings is 2. The van der Waals surface area contributed by atoms with Gasteiger partial charge in [-0.25, -0.2) is 0 Å². The predicted octanol–water partition coefficient (Wildman–Crippen LogP) is 4.43. The van der Waals surface area contributed by atoms with Gasteiger partial charge in [0, 0.05) is 17.8 Å². The number of hydrogen-bond acceptors (Lipinski definition) is 2. The molecule has 2 aromatic carbocycles. The van der Waals surface area contributed by atoms with Gasteiger partial charge < -0.3 is 11.1 Å². The fourth-order valence-corrected chi connectivity index (χ4v) is 3.20. The van der Waals surface area contributed by atoms with Crippen molar-refractivity contribution in [3.05, 3.63) is 54.6 Å². The smallest absolute Gasteiger partial charge is 0.0340 e. The van der Waals surface area contributed by atoms with Crippen LogP contribution < -0.4 is 11.1 Å². The molecule has 0 spiro atoms. The van der Waals surface area contributed by atoms with Gasteiger partial charge in [-0.3, -0.25) is 0 Å². The van der Waals surface area contributed by atoms with E-state index >= 15 is 0 Å². The first-order valence-corrected chi connectivity index (χ1v) is 7.93. The van der Waals surface area contributed by atoms with Crippen LogP contribution in [0.25, 0.3) is 11.1 Å². The van der Waals surface area contributed by atoms with Gasteiger partial charge in [0.2, 0.25) is 0 Å². The summed E-state index contributed by atoms with van der Waals surface area (Å²) >= 11 is 0. The SMILES string of the molecule is NC1(CCNc2ccc(-c3ccccc3)cc2)CCCC1. The molecule has 0 amide bonds. The molecule has 0 radical (unpaired) electrons. The zero-order chi connectivity index (χ0) is 14.5. The minimum absolute atomic E-state index is 0.0803. The van der Waals surface area contributed by atoms with Crippen molar-refractivity contribution >= 4 is 5.69 Å². The molecule has 3 rings (SSSR count). The Balaban J connectivity index is 1.55. The molecular formula is C19H24N2. The lowest BCUT2D eigenvalue weighted by molar-refractivity contribution is 0.416. The first-order chi connectivity index (χ1) is 10.3. The van der Waals surface area contributed by atoms with Gasteiger partial charge in [0.15, 0.2) is 0 Å². The van der Waals surface area contributed by atoms with Gasteiger partial charge in [-0.1, -0.05) is 55.3 Å². The Kier molecular flexibility index (Phi) is 4.26. The van der Waals surface area contributed by atoms with Gasteiger partial charge >= 0.3 is 0 Å². The van der Waals surface area contributed by atoms with E-state index in [1.165, 1.54) is 42.5 Å². The van der Waals surface area contributed by atoms with E-state index in [9.17, 15) is 0 Å². The number of hydrogen-bond donors (Lipinski definition) is 2. The van der Waals surface area contributed by atoms with Crippen LogP contribution in [0.5, 0.6) is 0 Å². The van der Waals surface area contributed by atoms with E-state index in [0.29, 0.717) is 0 Å². The number of anilines is 1. The molecule has 2 heteroatoms. The molecule has 21 heavy (non-hydrogen) atoms. The summed E-state index contributed by atoms with van der Waals surface area (Å²) < 4.78 is 0. The molecular weight excluding hydrogens is 256 g/mol. The normalized spacial score (nSPS) is 16.8. The summed E-state index contributed by atoms with van der Waals surface area (Å²) in [7, 11) is 0. The van der Waals surface area contributed by atoms with Crippen molar-refractivity contribution < 1.29 is 0 Å². The van der Waals surface area contributed by atoms with Gasteiger partial charge in [-0.2, -0.15) is 0 Å². The summed E-state index contributed by atoms with van der Waals surface area (Å²) in [6.45, 7) is 0.960. The summed E-state index contributed by atoms with van der Waals surface area (Å²) in [5.74, 6) is 0. The Morgan fingerprint density at radius 1 is 0.857 bits per heavy atom. The maximum Gasteiger partial charge on any atom is 0.0340 e. The second-order valence-corrected chi connectivity index (χ2v) is 6.19. The Hall–Kier alpha value is -1.80. The van der Waals surface area contributed by atoms with Crippen LogP contribution in [0, 0.1) is 0 Å². The highest BCUT2D eigenvalue weighted by Gasteiger charge is 2.28. The van der Waals surface area contributed by atoms with E-state index in [1.807, 2.05) is 6.07 Å². The average molecular weight is 280 g/mol. The van der Waals surface area contributed by atoms with Gasteiger partial charge in [0.1, 0.15) is 0 Å². The first-order valence-electron chi connectivity index (χ1n) is 7.93. The molecule has 1 aliphatic rings. The minimum Gasteiger partial charge on any atom is -0.385 e. The molecule has 1 aliphatic carbocycles. The molecule has 0 atom stereocenters. The van der Waals surface area contributed by atoms with Crippen molar-refractivity contribution in [1.82, 2.24) is 0 Å². The third-order valence-corrected chi connectivity index (χ3v) is 4.54. The van der Waals surface area contributed by atoms with Crippen LogP contribution in [-0.4, -0.2) is 12.1 Å². The molecule has 3 N–H and O–H groups in total. The van der Waals surface area contributed by atoms with Crippen LogP contribution in [-0.2, 0) is 0 Å². The largest absolute Gasteiger partial charge is 0.385 e. The molecule has 0 aliphatic heterocycles. The quantitative estimate of drug-likeness (QED) is 0.850. The highest BCUT2D eigenvalue weighted by Crippen LogP contribution is 2.30. The van der Waals surface area contributed by atoms with Crippen LogP contribution in [0.1, 0.15) is 32.1 Å². The molecule has 0 heterocycles. The van der Waals surface area contributed by atoms with Crippen molar-refractivity contribution in [2.45, 2.75) is 37.6 Å². The van der Waals surface area contributed by atoms with Crippen LogP contribution in [0.15, 0.2) is 54.6 Å². The molecule has 1 fully saturated rings. The number of rotatable bonds is 5. The molecule has 0 unspecified atom stereocenters. The first kappa shape index (κ1) is 14.2. The Morgan fingerprint density at radius 3 is 2.14 bits per heavy atom. The van der Waals surface area contributed by atoms with E-state index in [0.717, 1.165) is 13.0 Å². The van der Waals surface area contributed by atoms with Crippen LogP contribution >= 0.6 is 0 Å². The van der Waals surface area contributed by atoms with E-state index in [1.54, 1.807) is 0 Å². The van der Waals surface area contributed by atoms with E-state index in [2.05, 4.69) is 53.8 Å². The summed E-state index contributed by atoms with van der Waals surface area (Å²) in [5.41, 5.74) is 10.2. The maximum atomic E-state index is 6.38. The molecule has 0 aromatic heterocycles. The van der Waals surface area contributed by atoms with Crippen molar-refractivity contribution in [2.24, 2.45) is 5.73 Å². The lowest BCUT2D eigenvalue weighted by atomic mass is 9.95. The average Bonchev–Trinajstić information content (AvgIpc) is 2.96. The number of nitrogens with two attached hydrogens (primary N) is 1. The fraction of sp³-hybridized carbons (Fsp3) is 0.368. The number of nitrogens with one attached hydrogen (secondary N) is 1. The molecule has 110 valence electrons. The molecule has 0 saturated heterocycles.